The minimum Gasteiger partial charge on any atom is -0.488 e. The molecule has 3 N–H and O–H groups in total. The first kappa shape index (κ1) is 24.7. The third-order valence-electron chi connectivity index (χ3n) is 5.24. The van der Waals surface area contributed by atoms with Crippen LogP contribution in [0.5, 0.6) is 5.75 Å². The van der Waals surface area contributed by atoms with Crippen molar-refractivity contribution in [3.05, 3.63) is 102 Å². The molecule has 0 atom stereocenters. The van der Waals surface area contributed by atoms with Gasteiger partial charge in [0.25, 0.3) is 5.91 Å². The lowest BCUT2D eigenvalue weighted by atomic mass is 10.1. The van der Waals surface area contributed by atoms with E-state index in [9.17, 15) is 4.79 Å². The Balaban J connectivity index is 1.54. The number of ether oxygens (including phenoxy) is 1. The number of carbonyl (C=O) groups is 1. The average molecular weight is 482 g/mol. The highest BCUT2D eigenvalue weighted by Gasteiger charge is 2.17. The van der Waals surface area contributed by atoms with Crippen molar-refractivity contribution in [2.75, 3.05) is 5.32 Å². The molecule has 7 heteroatoms. The zero-order valence-corrected chi connectivity index (χ0v) is 21.0. The number of aromatic nitrogens is 2. The summed E-state index contributed by atoms with van der Waals surface area (Å²) in [4.78, 5) is 17.1. The van der Waals surface area contributed by atoms with Gasteiger partial charge < -0.3 is 15.4 Å². The SMILES string of the molecule is Cc1ccc(C(=O)/N=C(\Nc2cc(-c3ccccc3OCc3ccccc3)n[nH]2)NC(C)(C)C)cc1. The van der Waals surface area contributed by atoms with E-state index in [1.165, 1.54) is 0 Å². The second-order valence-electron chi connectivity index (χ2n) is 9.57. The molecule has 1 heterocycles. The molecule has 0 saturated carbocycles. The number of nitrogens with zero attached hydrogens (tertiary/aromatic N) is 2. The molecule has 0 aliphatic rings. The fraction of sp³-hybridized carbons (Fsp3) is 0.207. The first-order chi connectivity index (χ1) is 17.3. The number of hydrogen-bond donors (Lipinski definition) is 3. The Morgan fingerprint density at radius 3 is 2.39 bits per heavy atom. The molecule has 36 heavy (non-hydrogen) atoms. The van der Waals surface area contributed by atoms with Crippen molar-refractivity contribution in [2.45, 2.75) is 39.8 Å². The molecule has 0 spiro atoms. The van der Waals surface area contributed by atoms with Gasteiger partial charge in [-0.3, -0.25) is 9.89 Å². The first-order valence-electron chi connectivity index (χ1n) is 11.8. The summed E-state index contributed by atoms with van der Waals surface area (Å²) in [6.07, 6.45) is 0. The fourth-order valence-corrected chi connectivity index (χ4v) is 3.50. The zero-order chi connectivity index (χ0) is 25.5. The van der Waals surface area contributed by atoms with Crippen molar-refractivity contribution in [2.24, 2.45) is 4.99 Å². The topological polar surface area (TPSA) is 91.4 Å². The van der Waals surface area contributed by atoms with Crippen LogP contribution in [0.3, 0.4) is 0 Å². The Morgan fingerprint density at radius 2 is 1.67 bits per heavy atom. The smallest absolute Gasteiger partial charge is 0.280 e. The lowest BCUT2D eigenvalue weighted by Gasteiger charge is -2.23. The number of benzene rings is 3. The molecule has 0 bridgehead atoms. The molecule has 3 aromatic carbocycles. The van der Waals surface area contributed by atoms with Gasteiger partial charge in [-0.2, -0.15) is 10.1 Å². The molecule has 4 aromatic rings. The molecule has 0 aliphatic carbocycles. The molecule has 0 radical (unpaired) electrons. The molecule has 1 aromatic heterocycles. The first-order valence-corrected chi connectivity index (χ1v) is 11.8. The second-order valence-corrected chi connectivity index (χ2v) is 9.57. The largest absolute Gasteiger partial charge is 0.488 e. The highest BCUT2D eigenvalue weighted by molar-refractivity contribution is 6.06. The minimum absolute atomic E-state index is 0.319. The van der Waals surface area contributed by atoms with Gasteiger partial charge in [0.15, 0.2) is 0 Å². The second kappa shape index (κ2) is 10.9. The van der Waals surface area contributed by atoms with Crippen LogP contribution >= 0.6 is 0 Å². The summed E-state index contributed by atoms with van der Waals surface area (Å²) in [7, 11) is 0. The zero-order valence-electron chi connectivity index (χ0n) is 21.0. The van der Waals surface area contributed by atoms with E-state index in [4.69, 9.17) is 4.74 Å². The molecule has 0 saturated heterocycles. The Hall–Kier alpha value is -4.39. The molecule has 184 valence electrons. The quantitative estimate of drug-likeness (QED) is 0.233. The minimum atomic E-state index is -0.339. The lowest BCUT2D eigenvalue weighted by Crippen LogP contribution is -2.44. The number of aliphatic imine (C=N–C) groups is 1. The van der Waals surface area contributed by atoms with E-state index < -0.39 is 0 Å². The van der Waals surface area contributed by atoms with Gasteiger partial charge in [0.05, 0.1) is 5.69 Å². The third-order valence-corrected chi connectivity index (χ3v) is 5.24. The number of nitrogens with one attached hydrogen (secondary N) is 3. The number of para-hydroxylation sites is 1. The number of H-pyrrole nitrogens is 1. The number of hydrogen-bond acceptors (Lipinski definition) is 3. The van der Waals surface area contributed by atoms with E-state index in [1.54, 1.807) is 12.1 Å². The summed E-state index contributed by atoms with van der Waals surface area (Å²) in [5.41, 5.74) is 3.94. The molecule has 1 amide bonds. The van der Waals surface area contributed by atoms with Crippen molar-refractivity contribution in [3.63, 3.8) is 0 Å². The van der Waals surface area contributed by atoms with Gasteiger partial charge in [0, 0.05) is 22.7 Å². The number of guanidine groups is 1. The summed E-state index contributed by atoms with van der Waals surface area (Å²) >= 11 is 0. The van der Waals surface area contributed by atoms with Crippen LogP contribution in [0, 0.1) is 6.92 Å². The van der Waals surface area contributed by atoms with E-state index in [2.05, 4.69) is 25.8 Å². The molecular formula is C29H31N5O2. The predicted molar refractivity (Wildman–Crippen MR) is 144 cm³/mol. The van der Waals surface area contributed by atoms with Gasteiger partial charge in [-0.25, -0.2) is 0 Å². The normalized spacial score (nSPS) is 11.7. The fourth-order valence-electron chi connectivity index (χ4n) is 3.50. The highest BCUT2D eigenvalue weighted by Crippen LogP contribution is 2.30. The van der Waals surface area contributed by atoms with Gasteiger partial charge in [0.2, 0.25) is 5.96 Å². The Kier molecular flexibility index (Phi) is 7.49. The lowest BCUT2D eigenvalue weighted by molar-refractivity contribution is 0.100. The van der Waals surface area contributed by atoms with Crippen LogP contribution in [-0.2, 0) is 6.61 Å². The Morgan fingerprint density at radius 1 is 0.972 bits per heavy atom. The monoisotopic (exact) mass is 481 g/mol. The summed E-state index contributed by atoms with van der Waals surface area (Å²) in [5.74, 6) is 1.32. The van der Waals surface area contributed by atoms with Crippen molar-refractivity contribution in [1.82, 2.24) is 15.5 Å². The maximum atomic E-state index is 12.8. The van der Waals surface area contributed by atoms with Gasteiger partial charge >= 0.3 is 0 Å². The predicted octanol–water partition coefficient (Wildman–Crippen LogP) is 5.96. The maximum Gasteiger partial charge on any atom is 0.280 e. The van der Waals surface area contributed by atoms with Crippen LogP contribution < -0.4 is 15.4 Å². The number of aromatic amines is 1. The van der Waals surface area contributed by atoms with Crippen LogP contribution in [0.2, 0.25) is 0 Å². The summed E-state index contributed by atoms with van der Waals surface area (Å²) in [6, 6.07) is 27.0. The molecular weight excluding hydrogens is 450 g/mol. The summed E-state index contributed by atoms with van der Waals surface area (Å²) in [6.45, 7) is 8.44. The van der Waals surface area contributed by atoms with Crippen molar-refractivity contribution >= 4 is 17.7 Å². The Bertz CT molecular complexity index is 1340. The Labute approximate surface area is 211 Å². The van der Waals surface area contributed by atoms with Crippen LogP contribution in [0.1, 0.15) is 42.3 Å². The number of rotatable bonds is 6. The van der Waals surface area contributed by atoms with Crippen LogP contribution in [0.15, 0.2) is 89.9 Å². The van der Waals surface area contributed by atoms with Gasteiger partial charge in [0.1, 0.15) is 18.2 Å². The van der Waals surface area contributed by atoms with E-state index in [0.29, 0.717) is 29.6 Å². The number of aryl methyl sites for hydroxylation is 1. The number of carbonyl (C=O) groups excluding carboxylic acids is 1. The summed E-state index contributed by atoms with van der Waals surface area (Å²) in [5, 5.41) is 13.9. The van der Waals surface area contributed by atoms with E-state index in [1.807, 2.05) is 100 Å². The standard InChI is InChI=1S/C29H31N5O2/c1-20-14-16-22(17-15-20)27(35)31-28(32-29(2,3)4)30-26-18-24(33-34-26)23-12-8-9-13-25(23)36-19-21-10-6-5-7-11-21/h5-18H,19H2,1-4H3,(H3,30,31,32,33,34,35). The van der Waals surface area contributed by atoms with Crippen molar-refractivity contribution in [1.29, 1.82) is 0 Å². The van der Waals surface area contributed by atoms with Gasteiger partial charge in [-0.15, -0.1) is 0 Å². The summed E-state index contributed by atoms with van der Waals surface area (Å²) < 4.78 is 6.09. The van der Waals surface area contributed by atoms with Gasteiger partial charge in [-0.1, -0.05) is 60.2 Å². The molecule has 7 nitrogen and oxygen atoms in total. The average Bonchev–Trinajstić information content (AvgIpc) is 3.31. The number of amides is 1. The van der Waals surface area contributed by atoms with Crippen molar-refractivity contribution in [3.8, 4) is 17.0 Å². The molecule has 4 rings (SSSR count). The number of anilines is 1. The van der Waals surface area contributed by atoms with Crippen LogP contribution in [-0.4, -0.2) is 27.6 Å². The molecule has 0 aliphatic heterocycles. The third kappa shape index (κ3) is 6.82. The van der Waals surface area contributed by atoms with E-state index in [0.717, 1.165) is 22.4 Å². The van der Waals surface area contributed by atoms with E-state index in [-0.39, 0.29) is 11.4 Å². The molecule has 0 unspecified atom stereocenters. The molecule has 0 fully saturated rings. The van der Waals surface area contributed by atoms with Crippen LogP contribution in [0.25, 0.3) is 11.3 Å². The van der Waals surface area contributed by atoms with Gasteiger partial charge in [-0.05, 0) is 57.5 Å². The van der Waals surface area contributed by atoms with Crippen LogP contribution in [0.4, 0.5) is 5.82 Å². The highest BCUT2D eigenvalue weighted by atomic mass is 16.5. The maximum absolute atomic E-state index is 12.8. The van der Waals surface area contributed by atoms with E-state index >= 15 is 0 Å². The van der Waals surface area contributed by atoms with Crippen molar-refractivity contribution < 1.29 is 9.53 Å².